The van der Waals surface area contributed by atoms with Crippen LogP contribution in [0.5, 0.6) is 23.0 Å². The van der Waals surface area contributed by atoms with Crippen LogP contribution in [0.15, 0.2) is 127 Å². The topological polar surface area (TPSA) is 23.4 Å². The molecule has 0 radical (unpaired) electrons. The molecule has 7 aromatic rings. The lowest BCUT2D eigenvalue weighted by Gasteiger charge is -2.21. The summed E-state index contributed by atoms with van der Waals surface area (Å²) in [5, 5.41) is 4.93. The standard InChI is InChI=1S/C34H21NO2/c1-2-10-25-22(8-1)9-7-13-28(25)35-29-12-4-3-11-26(29)27-20-23(16-18-30(27)35)24-17-19-33-34(21-24)37-32-15-6-5-14-31(32)36-33/h1-21H. The van der Waals surface area contributed by atoms with Gasteiger partial charge in [-0.05, 0) is 65.0 Å². The number of nitrogens with zero attached hydrogens (tertiary/aromatic N) is 1. The first kappa shape index (κ1) is 20.2. The Morgan fingerprint density at radius 2 is 1.03 bits per heavy atom. The minimum absolute atomic E-state index is 0.731. The Hall–Kier alpha value is -5.02. The van der Waals surface area contributed by atoms with Gasteiger partial charge in [0.05, 0.1) is 16.7 Å². The van der Waals surface area contributed by atoms with E-state index in [0.717, 1.165) is 34.1 Å². The Labute approximate surface area is 213 Å². The molecule has 0 N–H and O–H groups in total. The van der Waals surface area contributed by atoms with E-state index in [1.807, 2.05) is 30.3 Å². The van der Waals surface area contributed by atoms with E-state index in [1.54, 1.807) is 0 Å². The highest BCUT2D eigenvalue weighted by Crippen LogP contribution is 2.46. The van der Waals surface area contributed by atoms with Crippen molar-refractivity contribution >= 4 is 32.6 Å². The number of para-hydroxylation sites is 3. The van der Waals surface area contributed by atoms with Crippen LogP contribution in [0.1, 0.15) is 0 Å². The zero-order valence-corrected chi connectivity index (χ0v) is 19.9. The summed E-state index contributed by atoms with van der Waals surface area (Å²) >= 11 is 0. The molecule has 0 amide bonds. The predicted molar refractivity (Wildman–Crippen MR) is 150 cm³/mol. The normalized spacial score (nSPS) is 12.2. The van der Waals surface area contributed by atoms with Gasteiger partial charge in [0.15, 0.2) is 23.0 Å². The number of rotatable bonds is 2. The first-order valence-corrected chi connectivity index (χ1v) is 12.4. The minimum atomic E-state index is 0.731. The van der Waals surface area contributed by atoms with Gasteiger partial charge in [-0.25, -0.2) is 0 Å². The van der Waals surface area contributed by atoms with Gasteiger partial charge in [0.1, 0.15) is 0 Å². The van der Waals surface area contributed by atoms with Crippen LogP contribution in [0, 0.1) is 0 Å². The number of hydrogen-bond donors (Lipinski definition) is 0. The minimum Gasteiger partial charge on any atom is -0.450 e. The number of hydrogen-bond acceptors (Lipinski definition) is 2. The van der Waals surface area contributed by atoms with Crippen LogP contribution >= 0.6 is 0 Å². The summed E-state index contributed by atoms with van der Waals surface area (Å²) in [5.41, 5.74) is 5.80. The Bertz CT molecular complexity index is 1990. The third-order valence-electron chi connectivity index (χ3n) is 7.25. The molecule has 0 saturated heterocycles. The first-order valence-electron chi connectivity index (χ1n) is 12.4. The molecular weight excluding hydrogens is 454 g/mol. The lowest BCUT2D eigenvalue weighted by atomic mass is 10.0. The molecule has 1 aromatic heterocycles. The van der Waals surface area contributed by atoms with Crippen molar-refractivity contribution in [1.82, 2.24) is 4.57 Å². The zero-order valence-electron chi connectivity index (χ0n) is 19.9. The zero-order chi connectivity index (χ0) is 24.3. The summed E-state index contributed by atoms with van der Waals surface area (Å²) in [6, 6.07) is 44.4. The summed E-state index contributed by atoms with van der Waals surface area (Å²) in [6.07, 6.45) is 0. The van der Waals surface area contributed by atoms with Gasteiger partial charge < -0.3 is 14.0 Å². The summed E-state index contributed by atoms with van der Waals surface area (Å²) in [7, 11) is 0. The molecule has 3 nitrogen and oxygen atoms in total. The average Bonchev–Trinajstić information content (AvgIpc) is 3.29. The summed E-state index contributed by atoms with van der Waals surface area (Å²) < 4.78 is 14.6. The van der Waals surface area contributed by atoms with Gasteiger partial charge in [-0.2, -0.15) is 0 Å². The lowest BCUT2D eigenvalue weighted by molar-refractivity contribution is 0.360. The fourth-order valence-electron chi connectivity index (χ4n) is 5.52. The molecule has 37 heavy (non-hydrogen) atoms. The average molecular weight is 476 g/mol. The lowest BCUT2D eigenvalue weighted by Crippen LogP contribution is -1.98. The van der Waals surface area contributed by atoms with Crippen LogP contribution in [0.3, 0.4) is 0 Å². The van der Waals surface area contributed by atoms with Gasteiger partial charge in [-0.1, -0.05) is 78.9 Å². The second kappa shape index (κ2) is 7.74. The van der Waals surface area contributed by atoms with E-state index in [0.29, 0.717) is 0 Å². The Kier molecular flexibility index (Phi) is 4.23. The highest BCUT2D eigenvalue weighted by Gasteiger charge is 2.20. The SMILES string of the molecule is c1ccc2c(c1)Oc1ccc(-c3ccc4c(c3)c3ccccc3n4-c3cccc4ccccc34)cc1O2. The van der Waals surface area contributed by atoms with E-state index < -0.39 is 0 Å². The van der Waals surface area contributed by atoms with E-state index >= 15 is 0 Å². The van der Waals surface area contributed by atoms with Crippen LogP contribution < -0.4 is 9.47 Å². The third kappa shape index (κ3) is 3.08. The molecule has 0 fully saturated rings. The molecule has 6 aromatic carbocycles. The maximum Gasteiger partial charge on any atom is 0.170 e. The van der Waals surface area contributed by atoms with Gasteiger partial charge >= 0.3 is 0 Å². The van der Waals surface area contributed by atoms with Crippen LogP contribution in [0.25, 0.3) is 49.4 Å². The fraction of sp³-hybridized carbons (Fsp3) is 0. The maximum atomic E-state index is 6.17. The van der Waals surface area contributed by atoms with Crippen molar-refractivity contribution < 1.29 is 9.47 Å². The highest BCUT2D eigenvalue weighted by atomic mass is 16.6. The fourth-order valence-corrected chi connectivity index (χ4v) is 5.52. The van der Waals surface area contributed by atoms with E-state index in [4.69, 9.17) is 9.47 Å². The van der Waals surface area contributed by atoms with Crippen molar-refractivity contribution in [2.24, 2.45) is 0 Å². The van der Waals surface area contributed by atoms with Gasteiger partial charge in [0.25, 0.3) is 0 Å². The molecule has 0 bridgehead atoms. The Balaban J connectivity index is 1.31. The molecule has 3 heteroatoms. The van der Waals surface area contributed by atoms with Gasteiger partial charge in [-0.15, -0.1) is 0 Å². The van der Waals surface area contributed by atoms with E-state index in [9.17, 15) is 0 Å². The van der Waals surface area contributed by atoms with Crippen molar-refractivity contribution in [3.05, 3.63) is 127 Å². The highest BCUT2D eigenvalue weighted by molar-refractivity contribution is 6.11. The van der Waals surface area contributed by atoms with Crippen LogP contribution in [-0.4, -0.2) is 4.57 Å². The van der Waals surface area contributed by atoms with Crippen LogP contribution in [-0.2, 0) is 0 Å². The van der Waals surface area contributed by atoms with Crippen LogP contribution in [0.2, 0.25) is 0 Å². The second-order valence-electron chi connectivity index (χ2n) is 9.40. The van der Waals surface area contributed by atoms with Gasteiger partial charge in [0.2, 0.25) is 0 Å². The molecule has 0 aliphatic carbocycles. The number of aromatic nitrogens is 1. The van der Waals surface area contributed by atoms with Crippen molar-refractivity contribution in [3.63, 3.8) is 0 Å². The maximum absolute atomic E-state index is 6.17. The second-order valence-corrected chi connectivity index (χ2v) is 9.40. The molecule has 0 spiro atoms. The van der Waals surface area contributed by atoms with E-state index in [1.165, 1.54) is 38.3 Å². The quantitative estimate of drug-likeness (QED) is 0.248. The molecule has 8 rings (SSSR count). The van der Waals surface area contributed by atoms with Crippen LogP contribution in [0.4, 0.5) is 0 Å². The van der Waals surface area contributed by atoms with Gasteiger partial charge in [-0.3, -0.25) is 0 Å². The first-order chi connectivity index (χ1) is 18.3. The molecule has 2 heterocycles. The third-order valence-corrected chi connectivity index (χ3v) is 7.25. The molecule has 1 aliphatic heterocycles. The molecule has 1 aliphatic rings. The summed E-state index contributed by atoms with van der Waals surface area (Å²) in [5.74, 6) is 2.94. The van der Waals surface area contributed by atoms with Crippen molar-refractivity contribution in [2.75, 3.05) is 0 Å². The van der Waals surface area contributed by atoms with E-state index in [2.05, 4.69) is 102 Å². The Morgan fingerprint density at radius 3 is 1.92 bits per heavy atom. The molecule has 0 unspecified atom stereocenters. The Morgan fingerprint density at radius 1 is 0.405 bits per heavy atom. The largest absolute Gasteiger partial charge is 0.450 e. The number of benzene rings is 6. The monoisotopic (exact) mass is 475 g/mol. The van der Waals surface area contributed by atoms with Crippen molar-refractivity contribution in [2.45, 2.75) is 0 Å². The number of fused-ring (bicyclic) bond motifs is 6. The molecule has 0 saturated carbocycles. The van der Waals surface area contributed by atoms with Crippen molar-refractivity contribution in [3.8, 4) is 39.8 Å². The molecule has 174 valence electrons. The van der Waals surface area contributed by atoms with E-state index in [-0.39, 0.29) is 0 Å². The molecule has 0 atom stereocenters. The predicted octanol–water partition coefficient (Wildman–Crippen LogP) is 9.50. The summed E-state index contributed by atoms with van der Waals surface area (Å²) in [6.45, 7) is 0. The van der Waals surface area contributed by atoms with Gasteiger partial charge in [0, 0.05) is 16.2 Å². The smallest absolute Gasteiger partial charge is 0.170 e. The molecular formula is C34H21NO2. The number of ether oxygens (including phenoxy) is 2. The van der Waals surface area contributed by atoms with Crippen molar-refractivity contribution in [1.29, 1.82) is 0 Å². The summed E-state index contributed by atoms with van der Waals surface area (Å²) in [4.78, 5) is 0.